The highest BCUT2D eigenvalue weighted by atomic mass is 27.1. The zero-order chi connectivity index (χ0) is 10.1. The summed E-state index contributed by atoms with van der Waals surface area (Å²) in [5.74, 6) is 2.04. The summed E-state index contributed by atoms with van der Waals surface area (Å²) in [6.07, 6.45) is 5.66. The van der Waals surface area contributed by atoms with Crippen molar-refractivity contribution in [1.29, 1.82) is 0 Å². The molecule has 0 nitrogen and oxygen atoms in total. The summed E-state index contributed by atoms with van der Waals surface area (Å²) in [6, 6.07) is 0. The van der Waals surface area contributed by atoms with Crippen LogP contribution >= 0.6 is 0 Å². The predicted molar refractivity (Wildman–Crippen MR) is 64.9 cm³/mol. The van der Waals surface area contributed by atoms with Gasteiger partial charge < -0.3 is 0 Å². The van der Waals surface area contributed by atoms with E-state index in [2.05, 4.69) is 27.7 Å². The molecule has 1 heteroatoms. The van der Waals surface area contributed by atoms with E-state index in [4.69, 9.17) is 0 Å². The molecular formula is C12H27Al. The van der Waals surface area contributed by atoms with Gasteiger partial charge in [0.1, 0.15) is 0 Å². The second-order valence-electron chi connectivity index (χ2n) is 4.72. The lowest BCUT2D eigenvalue weighted by molar-refractivity contribution is 0.554. The van der Waals surface area contributed by atoms with E-state index in [0.717, 1.165) is 11.8 Å². The Morgan fingerprint density at radius 3 is 1.54 bits per heavy atom. The van der Waals surface area contributed by atoms with Crippen LogP contribution in [0, 0.1) is 11.8 Å². The van der Waals surface area contributed by atoms with Crippen molar-refractivity contribution in [1.82, 2.24) is 0 Å². The predicted octanol–water partition coefficient (Wildman–Crippen LogP) is 4.13. The molecule has 0 aromatic rings. The van der Waals surface area contributed by atoms with Gasteiger partial charge in [0.05, 0.1) is 0 Å². The van der Waals surface area contributed by atoms with E-state index in [1.165, 1.54) is 25.7 Å². The summed E-state index contributed by atoms with van der Waals surface area (Å²) in [5, 5.41) is 3.17. The third kappa shape index (κ3) is 8.85. The maximum absolute atomic E-state index is 2.43. The highest BCUT2D eigenvalue weighted by Crippen LogP contribution is 2.15. The Labute approximate surface area is 91.2 Å². The molecule has 2 unspecified atom stereocenters. The third-order valence-corrected chi connectivity index (χ3v) is 5.74. The summed E-state index contributed by atoms with van der Waals surface area (Å²) < 4.78 is 0. The first kappa shape index (κ1) is 13.5. The van der Waals surface area contributed by atoms with E-state index in [1.54, 1.807) is 10.6 Å². The lowest BCUT2D eigenvalue weighted by atomic mass is 10.1. The van der Waals surface area contributed by atoms with Crippen LogP contribution in [0.2, 0.25) is 10.6 Å². The molecule has 78 valence electrons. The molecule has 0 aliphatic heterocycles. The zero-order valence-corrected chi connectivity index (χ0v) is 11.5. The lowest BCUT2D eigenvalue weighted by Crippen LogP contribution is -2.04. The van der Waals surface area contributed by atoms with Crippen molar-refractivity contribution < 1.29 is 0 Å². The van der Waals surface area contributed by atoms with Gasteiger partial charge in [-0.05, 0) is 0 Å². The Morgan fingerprint density at radius 2 is 1.23 bits per heavy atom. The van der Waals surface area contributed by atoms with Gasteiger partial charge in [0.15, 0.2) is 0 Å². The molecular weight excluding hydrogens is 171 g/mol. The Kier molecular flexibility index (Phi) is 9.47. The van der Waals surface area contributed by atoms with Crippen LogP contribution in [0.1, 0.15) is 53.4 Å². The molecule has 0 aliphatic carbocycles. The van der Waals surface area contributed by atoms with Gasteiger partial charge in [0.25, 0.3) is 0 Å². The smallest absolute Gasteiger partial charge is 0.0948 e. The topological polar surface area (TPSA) is 0 Å². The van der Waals surface area contributed by atoms with Crippen LogP contribution in [0.4, 0.5) is 0 Å². The molecule has 0 bridgehead atoms. The quantitative estimate of drug-likeness (QED) is 0.514. The van der Waals surface area contributed by atoms with Gasteiger partial charge in [0, 0.05) is 0 Å². The maximum atomic E-state index is 2.43. The number of hydrogen-bond acceptors (Lipinski definition) is 0. The molecule has 0 radical (unpaired) electrons. The summed E-state index contributed by atoms with van der Waals surface area (Å²) >= 11 is 0.276. The summed E-state index contributed by atoms with van der Waals surface area (Å²) in [7, 11) is 0. The summed E-state index contributed by atoms with van der Waals surface area (Å²) in [4.78, 5) is 0. The van der Waals surface area contributed by atoms with Crippen molar-refractivity contribution in [3.05, 3.63) is 0 Å². The first-order valence-corrected chi connectivity index (χ1v) is 8.20. The molecule has 0 spiro atoms. The molecule has 0 aromatic carbocycles. The standard InChI is InChI=1S/2C6H13.Al.H/c2*1-4-5-6(2)3;;/h2*6H,2,4-5H2,1,3H3;;. The highest BCUT2D eigenvalue weighted by molar-refractivity contribution is 6.35. The van der Waals surface area contributed by atoms with Gasteiger partial charge in [-0.3, -0.25) is 0 Å². The third-order valence-electron chi connectivity index (χ3n) is 2.96. The van der Waals surface area contributed by atoms with Gasteiger partial charge in [-0.15, -0.1) is 0 Å². The molecule has 0 aromatic heterocycles. The van der Waals surface area contributed by atoms with Crippen LogP contribution in [0.25, 0.3) is 0 Å². The van der Waals surface area contributed by atoms with Gasteiger partial charge in [0.2, 0.25) is 15.2 Å². The fourth-order valence-corrected chi connectivity index (χ4v) is 4.30. The first-order valence-electron chi connectivity index (χ1n) is 6.20. The van der Waals surface area contributed by atoms with Gasteiger partial charge in [-0.25, -0.2) is 0 Å². The molecule has 2 atom stereocenters. The van der Waals surface area contributed by atoms with E-state index in [9.17, 15) is 0 Å². The average Bonchev–Trinajstić information content (AvgIpc) is 2.05. The van der Waals surface area contributed by atoms with Crippen LogP contribution in [-0.2, 0) is 0 Å². The lowest BCUT2D eigenvalue weighted by Gasteiger charge is -2.11. The molecule has 0 heterocycles. The highest BCUT2D eigenvalue weighted by Gasteiger charge is 2.06. The van der Waals surface area contributed by atoms with E-state index in [-0.39, 0.29) is 15.2 Å². The average molecular weight is 198 g/mol. The van der Waals surface area contributed by atoms with Gasteiger partial charge in [-0.2, -0.15) is 0 Å². The van der Waals surface area contributed by atoms with Crippen molar-refractivity contribution >= 4 is 15.2 Å². The Hall–Kier alpha value is 0.532. The molecule has 0 saturated carbocycles. The van der Waals surface area contributed by atoms with E-state index >= 15 is 0 Å². The van der Waals surface area contributed by atoms with Crippen LogP contribution in [0.15, 0.2) is 0 Å². The first-order chi connectivity index (χ1) is 6.20. The molecule has 0 saturated heterocycles. The second-order valence-corrected chi connectivity index (χ2v) is 6.58. The number of rotatable bonds is 8. The van der Waals surface area contributed by atoms with Crippen molar-refractivity contribution in [2.75, 3.05) is 0 Å². The largest absolute Gasteiger partial charge is 0.237 e. The maximum Gasteiger partial charge on any atom is 0.237 e. The van der Waals surface area contributed by atoms with Crippen LogP contribution in [-0.4, -0.2) is 15.2 Å². The SMILES string of the molecule is CCCC(C)[CH2][AlH][CH2]C(C)CCC. The second kappa shape index (κ2) is 9.10. The van der Waals surface area contributed by atoms with Gasteiger partial charge in [-0.1, -0.05) is 75.8 Å². The summed E-state index contributed by atoms with van der Waals surface area (Å²) in [5.41, 5.74) is 0. The van der Waals surface area contributed by atoms with Crippen LogP contribution in [0.5, 0.6) is 0 Å². The summed E-state index contributed by atoms with van der Waals surface area (Å²) in [6.45, 7) is 9.47. The Balaban J connectivity index is 3.23. The van der Waals surface area contributed by atoms with Crippen molar-refractivity contribution in [3.63, 3.8) is 0 Å². The fraction of sp³-hybridized carbons (Fsp3) is 1.00. The normalized spacial score (nSPS) is 15.4. The molecule has 0 rings (SSSR count). The minimum absolute atomic E-state index is 0.276. The molecule has 0 fully saturated rings. The van der Waals surface area contributed by atoms with E-state index in [1.807, 2.05) is 0 Å². The molecule has 0 N–H and O–H groups in total. The van der Waals surface area contributed by atoms with Crippen LogP contribution < -0.4 is 0 Å². The molecule has 13 heavy (non-hydrogen) atoms. The van der Waals surface area contributed by atoms with Crippen molar-refractivity contribution in [2.24, 2.45) is 11.8 Å². The number of hydrogen-bond donors (Lipinski definition) is 0. The van der Waals surface area contributed by atoms with E-state index in [0.29, 0.717) is 0 Å². The minimum atomic E-state index is 0.276. The Bertz CT molecular complexity index is 89.3. The molecule has 0 aliphatic rings. The van der Waals surface area contributed by atoms with Gasteiger partial charge >= 0.3 is 0 Å². The van der Waals surface area contributed by atoms with E-state index < -0.39 is 0 Å². The minimum Gasteiger partial charge on any atom is -0.0948 e. The Morgan fingerprint density at radius 1 is 0.846 bits per heavy atom. The molecule has 0 amide bonds. The zero-order valence-electron chi connectivity index (χ0n) is 10.1. The van der Waals surface area contributed by atoms with Crippen molar-refractivity contribution in [2.45, 2.75) is 63.9 Å². The van der Waals surface area contributed by atoms with Crippen LogP contribution in [0.3, 0.4) is 0 Å². The van der Waals surface area contributed by atoms with Crippen molar-refractivity contribution in [3.8, 4) is 0 Å². The monoisotopic (exact) mass is 198 g/mol. The fourth-order valence-electron chi connectivity index (χ4n) is 2.09.